The lowest BCUT2D eigenvalue weighted by Gasteiger charge is -2.12. The molecule has 0 unspecified atom stereocenters. The molecule has 16 nitrogen and oxygen atoms in total. The summed E-state index contributed by atoms with van der Waals surface area (Å²) in [4.78, 5) is 79.4. The molecular weight excluding hydrogens is 869 g/mol. The first-order valence-corrected chi connectivity index (χ1v) is 21.2. The highest BCUT2D eigenvalue weighted by atomic mass is 16.5. The summed E-state index contributed by atoms with van der Waals surface area (Å²) < 4.78 is 15.2. The van der Waals surface area contributed by atoms with Crippen LogP contribution in [-0.2, 0) is 0 Å². The van der Waals surface area contributed by atoms with Gasteiger partial charge in [0.25, 0.3) is 11.8 Å². The lowest BCUT2D eigenvalue weighted by molar-refractivity contribution is 0.0686. The number of benzene rings is 4. The van der Waals surface area contributed by atoms with Gasteiger partial charge in [0.05, 0.1) is 44.9 Å². The molecule has 0 aliphatic carbocycles. The number of nitrogens with two attached hydrogens (primary N) is 2. The number of ketones is 2. The van der Waals surface area contributed by atoms with Gasteiger partial charge in [-0.05, 0) is 124 Å². The number of nitrogens with zero attached hydrogens (tertiary/aromatic N) is 2. The van der Waals surface area contributed by atoms with E-state index in [9.17, 15) is 39.0 Å². The fraction of sp³-hybridized carbons (Fsp3) is 0.115. The molecule has 342 valence electrons. The van der Waals surface area contributed by atoms with E-state index in [-0.39, 0.29) is 80.5 Å². The number of aromatic carboxylic acids is 2. The first kappa shape index (κ1) is 45.4. The summed E-state index contributed by atoms with van der Waals surface area (Å²) in [5.74, 6) is -3.52. The summed E-state index contributed by atoms with van der Waals surface area (Å²) in [6.45, 7) is 6.65. The van der Waals surface area contributed by atoms with E-state index in [1.54, 1.807) is 120 Å². The van der Waals surface area contributed by atoms with Crippen LogP contribution in [0.25, 0.3) is 11.0 Å². The molecule has 2 amide bonds. The van der Waals surface area contributed by atoms with Crippen LogP contribution in [0.2, 0.25) is 0 Å². The number of ether oxygens (including phenoxy) is 2. The van der Waals surface area contributed by atoms with Gasteiger partial charge in [0.1, 0.15) is 24.7 Å². The Morgan fingerprint density at radius 2 is 0.912 bits per heavy atom. The molecule has 8 rings (SSSR count). The predicted molar refractivity (Wildman–Crippen MR) is 256 cm³/mol. The van der Waals surface area contributed by atoms with Crippen molar-refractivity contribution >= 4 is 69.1 Å². The number of anilines is 4. The zero-order valence-corrected chi connectivity index (χ0v) is 37.2. The monoisotopic (exact) mass is 912 g/mol. The molecule has 0 radical (unpaired) electrons. The lowest BCUT2D eigenvalue weighted by Crippen LogP contribution is -2.15. The van der Waals surface area contributed by atoms with Crippen LogP contribution in [0.1, 0.15) is 95.8 Å². The standard InChI is InChI=1S/C52H44N6O10/c1-27-35(17-19-37(53)41(27)51(63)64)47(59)45-29(3)43(39-15-5-7-21-57(39)45)55-49(61)31-11-9-13-33(25-31)67-23-24-68-34-14-10-12-32(26-34)50(62)56-44-30(4)46(58-22-8-6-16-40(44)58)48(60)36-18-20-38(54)42(28(36)2)52(65)66/h5-22,25-26H,23-24,53-54H2,1-4H3,(H,55,61)(H,56,62)(H,63,64)(H,65,66). The lowest BCUT2D eigenvalue weighted by atomic mass is 9.95. The number of carboxylic acids is 2. The second-order valence-corrected chi connectivity index (χ2v) is 15.9. The molecule has 4 aromatic carbocycles. The summed E-state index contributed by atoms with van der Waals surface area (Å²) in [7, 11) is 0. The summed E-state index contributed by atoms with van der Waals surface area (Å²) in [6, 6.07) is 29.4. The molecule has 0 saturated carbocycles. The summed E-state index contributed by atoms with van der Waals surface area (Å²) in [5, 5.41) is 25.4. The third-order valence-corrected chi connectivity index (χ3v) is 11.8. The molecule has 8 aromatic rings. The average Bonchev–Trinajstić information content (AvgIpc) is 3.75. The largest absolute Gasteiger partial charge is 0.490 e. The first-order valence-electron chi connectivity index (χ1n) is 21.2. The number of nitrogen functional groups attached to an aromatic ring is 2. The number of hydrogen-bond donors (Lipinski definition) is 6. The minimum absolute atomic E-state index is 0.0438. The Morgan fingerprint density at radius 1 is 0.515 bits per heavy atom. The zero-order valence-electron chi connectivity index (χ0n) is 37.2. The van der Waals surface area contributed by atoms with Crippen molar-refractivity contribution in [2.75, 3.05) is 35.3 Å². The Kier molecular flexibility index (Phi) is 12.3. The van der Waals surface area contributed by atoms with Crippen molar-refractivity contribution in [3.63, 3.8) is 0 Å². The van der Waals surface area contributed by atoms with E-state index >= 15 is 0 Å². The van der Waals surface area contributed by atoms with Gasteiger partial charge in [-0.1, -0.05) is 24.3 Å². The molecule has 8 N–H and O–H groups in total. The minimum Gasteiger partial charge on any atom is -0.490 e. The van der Waals surface area contributed by atoms with Crippen molar-refractivity contribution in [2.45, 2.75) is 27.7 Å². The van der Waals surface area contributed by atoms with Gasteiger partial charge in [-0.2, -0.15) is 0 Å². The predicted octanol–water partition coefficient (Wildman–Crippen LogP) is 8.41. The second-order valence-electron chi connectivity index (χ2n) is 15.9. The van der Waals surface area contributed by atoms with E-state index < -0.39 is 35.3 Å². The third kappa shape index (κ3) is 8.33. The molecule has 0 aliphatic heterocycles. The van der Waals surface area contributed by atoms with Crippen LogP contribution in [0.3, 0.4) is 0 Å². The van der Waals surface area contributed by atoms with E-state index in [0.29, 0.717) is 45.0 Å². The second kappa shape index (κ2) is 18.4. The van der Waals surface area contributed by atoms with Crippen molar-refractivity contribution in [3.05, 3.63) is 189 Å². The molecule has 4 aromatic heterocycles. The van der Waals surface area contributed by atoms with Crippen LogP contribution < -0.4 is 31.6 Å². The molecule has 0 saturated heterocycles. The van der Waals surface area contributed by atoms with Crippen molar-refractivity contribution in [1.29, 1.82) is 0 Å². The molecule has 0 atom stereocenters. The van der Waals surface area contributed by atoms with E-state index in [2.05, 4.69) is 10.6 Å². The van der Waals surface area contributed by atoms with Crippen LogP contribution in [-0.4, -0.2) is 67.5 Å². The van der Waals surface area contributed by atoms with Gasteiger partial charge >= 0.3 is 11.9 Å². The van der Waals surface area contributed by atoms with Crippen molar-refractivity contribution in [1.82, 2.24) is 8.80 Å². The van der Waals surface area contributed by atoms with E-state index in [0.717, 1.165) is 0 Å². The maximum Gasteiger partial charge on any atom is 0.338 e. The number of fused-ring (bicyclic) bond motifs is 2. The maximum absolute atomic E-state index is 14.0. The summed E-state index contributed by atoms with van der Waals surface area (Å²) >= 11 is 0. The third-order valence-electron chi connectivity index (χ3n) is 11.8. The van der Waals surface area contributed by atoms with Crippen LogP contribution in [0.5, 0.6) is 11.5 Å². The Bertz CT molecular complexity index is 3200. The Labute approximate surface area is 388 Å². The number of hydrogen-bond acceptors (Lipinski definition) is 10. The fourth-order valence-corrected chi connectivity index (χ4v) is 8.47. The number of carbonyl (C=O) groups is 6. The molecule has 0 bridgehead atoms. The molecule has 68 heavy (non-hydrogen) atoms. The number of pyridine rings is 2. The molecule has 0 aliphatic rings. The maximum atomic E-state index is 14.0. The fourth-order valence-electron chi connectivity index (χ4n) is 8.47. The first-order chi connectivity index (χ1) is 32.6. The molecule has 16 heteroatoms. The van der Waals surface area contributed by atoms with Crippen LogP contribution in [0.4, 0.5) is 22.7 Å². The molecular formula is C52H44N6O10. The highest BCUT2D eigenvalue weighted by Gasteiger charge is 2.28. The van der Waals surface area contributed by atoms with Crippen molar-refractivity contribution < 1.29 is 48.5 Å². The smallest absolute Gasteiger partial charge is 0.338 e. The topological polar surface area (TPSA) is 246 Å². The SMILES string of the molecule is Cc1c(C(=O)c2c(C)c(NC(=O)c3cccc(OCCOc4cccc(C(=O)Nc5c(C)c(C(=O)c6ccc(N)c(C(=O)O)c6C)n6ccccc56)c4)c3)c3ccccn23)ccc(N)c1C(=O)O. The van der Waals surface area contributed by atoms with Gasteiger partial charge in [-0.25, -0.2) is 9.59 Å². The van der Waals surface area contributed by atoms with Gasteiger partial charge < -0.3 is 50.6 Å². The number of aromatic nitrogens is 2. The van der Waals surface area contributed by atoms with Crippen LogP contribution in [0.15, 0.2) is 122 Å². The quantitative estimate of drug-likeness (QED) is 0.0322. The Hall–Kier alpha value is -9.18. The summed E-state index contributed by atoms with van der Waals surface area (Å²) in [5.41, 5.74) is 16.4. The van der Waals surface area contributed by atoms with Crippen molar-refractivity contribution in [3.8, 4) is 11.5 Å². The van der Waals surface area contributed by atoms with E-state index in [1.165, 1.54) is 38.1 Å². The van der Waals surface area contributed by atoms with Gasteiger partial charge in [0, 0.05) is 57.1 Å². The average molecular weight is 913 g/mol. The normalized spacial score (nSPS) is 11.1. The van der Waals surface area contributed by atoms with Gasteiger partial charge in [-0.3, -0.25) is 19.2 Å². The number of rotatable bonds is 15. The van der Waals surface area contributed by atoms with Crippen LogP contribution in [0, 0.1) is 27.7 Å². The Balaban J connectivity index is 0.926. The highest BCUT2D eigenvalue weighted by molar-refractivity contribution is 6.17. The number of amides is 2. The number of nitrogens with one attached hydrogen (secondary N) is 2. The highest BCUT2D eigenvalue weighted by Crippen LogP contribution is 2.34. The van der Waals surface area contributed by atoms with E-state index in [4.69, 9.17) is 20.9 Å². The molecule has 0 fully saturated rings. The molecule has 4 heterocycles. The minimum atomic E-state index is -1.24. The van der Waals surface area contributed by atoms with Crippen molar-refractivity contribution in [2.24, 2.45) is 0 Å². The molecule has 0 spiro atoms. The Morgan fingerprint density at radius 3 is 1.29 bits per heavy atom. The van der Waals surface area contributed by atoms with Gasteiger partial charge in [0.2, 0.25) is 11.6 Å². The van der Waals surface area contributed by atoms with E-state index in [1.807, 2.05) is 0 Å². The number of carbonyl (C=O) groups excluding carboxylic acids is 4. The van der Waals surface area contributed by atoms with Crippen LogP contribution >= 0.6 is 0 Å². The summed E-state index contributed by atoms with van der Waals surface area (Å²) in [6.07, 6.45) is 3.38. The number of carboxylic acid groups (broad SMARTS) is 2. The van der Waals surface area contributed by atoms with Gasteiger partial charge in [0.15, 0.2) is 0 Å². The van der Waals surface area contributed by atoms with Gasteiger partial charge in [-0.15, -0.1) is 0 Å². The zero-order chi connectivity index (χ0) is 48.6.